The SMILES string of the molecule is Nc1ccc(CNc2ccc(C(F)(F)F)c(F)c2)cc1. The van der Waals surface area contributed by atoms with Crippen LogP contribution in [0.4, 0.5) is 28.9 Å². The molecule has 0 saturated carbocycles. The van der Waals surface area contributed by atoms with Gasteiger partial charge in [0, 0.05) is 17.9 Å². The Labute approximate surface area is 113 Å². The lowest BCUT2D eigenvalue weighted by Gasteiger charge is -2.11. The molecule has 0 unspecified atom stereocenters. The van der Waals surface area contributed by atoms with Crippen LogP contribution >= 0.6 is 0 Å². The fraction of sp³-hybridized carbons (Fsp3) is 0.143. The number of nitrogens with one attached hydrogen (secondary N) is 1. The average Bonchev–Trinajstić information content (AvgIpc) is 2.36. The molecule has 0 spiro atoms. The van der Waals surface area contributed by atoms with Crippen molar-refractivity contribution >= 4 is 11.4 Å². The Hall–Kier alpha value is -2.24. The van der Waals surface area contributed by atoms with Crippen molar-refractivity contribution in [2.75, 3.05) is 11.1 Å². The van der Waals surface area contributed by atoms with Gasteiger partial charge in [-0.05, 0) is 35.9 Å². The molecule has 0 atom stereocenters. The fourth-order valence-electron chi connectivity index (χ4n) is 1.69. The maximum atomic E-state index is 13.3. The Morgan fingerprint density at radius 2 is 1.65 bits per heavy atom. The van der Waals surface area contributed by atoms with E-state index in [9.17, 15) is 17.6 Å². The van der Waals surface area contributed by atoms with Crippen molar-refractivity contribution in [3.8, 4) is 0 Å². The number of hydrogen-bond donors (Lipinski definition) is 2. The summed E-state index contributed by atoms with van der Waals surface area (Å²) in [5, 5.41) is 2.85. The predicted molar refractivity (Wildman–Crippen MR) is 69.6 cm³/mol. The van der Waals surface area contributed by atoms with Crippen molar-refractivity contribution in [2.45, 2.75) is 12.7 Å². The van der Waals surface area contributed by atoms with Gasteiger partial charge in [-0.2, -0.15) is 13.2 Å². The number of anilines is 2. The van der Waals surface area contributed by atoms with Gasteiger partial charge in [0.1, 0.15) is 5.82 Å². The first-order chi connectivity index (χ1) is 9.36. The van der Waals surface area contributed by atoms with Gasteiger partial charge in [0.15, 0.2) is 0 Å². The molecule has 0 fully saturated rings. The molecule has 6 heteroatoms. The van der Waals surface area contributed by atoms with Crippen LogP contribution in [0.15, 0.2) is 42.5 Å². The molecule has 2 nitrogen and oxygen atoms in total. The van der Waals surface area contributed by atoms with Gasteiger partial charge in [0.2, 0.25) is 0 Å². The lowest BCUT2D eigenvalue weighted by Crippen LogP contribution is -2.08. The van der Waals surface area contributed by atoms with Crippen LogP contribution in [0.25, 0.3) is 0 Å². The van der Waals surface area contributed by atoms with Crippen molar-refractivity contribution in [2.24, 2.45) is 0 Å². The van der Waals surface area contributed by atoms with E-state index in [2.05, 4.69) is 5.32 Å². The summed E-state index contributed by atoms with van der Waals surface area (Å²) in [5.74, 6) is -1.29. The molecule has 2 aromatic carbocycles. The van der Waals surface area contributed by atoms with Gasteiger partial charge in [-0.1, -0.05) is 12.1 Å². The number of nitrogen functional groups attached to an aromatic ring is 1. The molecule has 0 amide bonds. The van der Waals surface area contributed by atoms with E-state index in [0.29, 0.717) is 12.2 Å². The van der Waals surface area contributed by atoms with Crippen molar-refractivity contribution in [3.63, 3.8) is 0 Å². The van der Waals surface area contributed by atoms with Crippen molar-refractivity contribution in [1.29, 1.82) is 0 Å². The summed E-state index contributed by atoms with van der Waals surface area (Å²) in [6.07, 6.45) is -4.68. The summed E-state index contributed by atoms with van der Waals surface area (Å²) >= 11 is 0. The summed E-state index contributed by atoms with van der Waals surface area (Å²) in [4.78, 5) is 0. The summed E-state index contributed by atoms with van der Waals surface area (Å²) in [6, 6.07) is 9.74. The molecule has 106 valence electrons. The first kappa shape index (κ1) is 14.2. The van der Waals surface area contributed by atoms with Crippen LogP contribution in [0.2, 0.25) is 0 Å². The normalized spacial score (nSPS) is 11.4. The number of benzene rings is 2. The number of alkyl halides is 3. The maximum absolute atomic E-state index is 13.3. The number of rotatable bonds is 3. The Balaban J connectivity index is 2.07. The smallest absolute Gasteiger partial charge is 0.399 e. The molecule has 2 rings (SSSR count). The van der Waals surface area contributed by atoms with Gasteiger partial charge in [-0.3, -0.25) is 0 Å². The zero-order valence-electron chi connectivity index (χ0n) is 10.3. The van der Waals surface area contributed by atoms with Crippen LogP contribution in [-0.2, 0) is 12.7 Å². The Morgan fingerprint density at radius 1 is 1.00 bits per heavy atom. The number of halogens is 4. The third kappa shape index (κ3) is 3.40. The third-order valence-electron chi connectivity index (χ3n) is 2.75. The fourth-order valence-corrected chi connectivity index (χ4v) is 1.69. The van der Waals surface area contributed by atoms with Crippen molar-refractivity contribution in [3.05, 3.63) is 59.4 Å². The Kier molecular flexibility index (Phi) is 3.83. The topological polar surface area (TPSA) is 38.0 Å². The molecule has 2 aromatic rings. The van der Waals surface area contributed by atoms with Crippen LogP contribution < -0.4 is 11.1 Å². The van der Waals surface area contributed by atoms with Crippen LogP contribution in [0.1, 0.15) is 11.1 Å². The standard InChI is InChI=1S/C14H12F4N2/c15-13-7-11(5-6-12(13)14(16,17)18)20-8-9-1-3-10(19)4-2-9/h1-7,20H,8,19H2. The average molecular weight is 284 g/mol. The molecule has 0 aromatic heterocycles. The molecule has 0 saturated heterocycles. The first-order valence-corrected chi connectivity index (χ1v) is 5.81. The van der Waals surface area contributed by atoms with E-state index in [4.69, 9.17) is 5.73 Å². The van der Waals surface area contributed by atoms with Crippen LogP contribution in [0, 0.1) is 5.82 Å². The lowest BCUT2D eigenvalue weighted by molar-refractivity contribution is -0.139. The van der Waals surface area contributed by atoms with Crippen LogP contribution in [-0.4, -0.2) is 0 Å². The van der Waals surface area contributed by atoms with Gasteiger partial charge < -0.3 is 11.1 Å². The summed E-state index contributed by atoms with van der Waals surface area (Å²) < 4.78 is 50.5. The van der Waals surface area contributed by atoms with Crippen molar-refractivity contribution in [1.82, 2.24) is 0 Å². The highest BCUT2D eigenvalue weighted by molar-refractivity contribution is 5.47. The van der Waals surface area contributed by atoms with E-state index >= 15 is 0 Å². The largest absolute Gasteiger partial charge is 0.419 e. The molecule has 3 N–H and O–H groups in total. The summed E-state index contributed by atoms with van der Waals surface area (Å²) in [6.45, 7) is 0.366. The first-order valence-electron chi connectivity index (χ1n) is 5.81. The van der Waals surface area contributed by atoms with E-state index in [0.717, 1.165) is 17.7 Å². The second-order valence-corrected chi connectivity index (χ2v) is 4.29. The zero-order chi connectivity index (χ0) is 14.8. The monoisotopic (exact) mass is 284 g/mol. The molecule has 0 aliphatic heterocycles. The van der Waals surface area contributed by atoms with Gasteiger partial charge in [0.25, 0.3) is 0 Å². The Morgan fingerprint density at radius 3 is 2.20 bits per heavy atom. The van der Waals surface area contributed by atoms with Gasteiger partial charge in [0.05, 0.1) is 5.56 Å². The molecule has 0 aliphatic carbocycles. The highest BCUT2D eigenvalue weighted by Crippen LogP contribution is 2.32. The van der Waals surface area contributed by atoms with Crippen LogP contribution in [0.3, 0.4) is 0 Å². The minimum Gasteiger partial charge on any atom is -0.399 e. The number of nitrogens with two attached hydrogens (primary N) is 1. The quantitative estimate of drug-likeness (QED) is 0.659. The molecule has 0 aliphatic rings. The van der Waals surface area contributed by atoms with E-state index in [1.807, 2.05) is 0 Å². The van der Waals surface area contributed by atoms with Crippen molar-refractivity contribution < 1.29 is 17.6 Å². The van der Waals surface area contributed by atoms with Gasteiger partial charge in [-0.25, -0.2) is 4.39 Å². The second kappa shape index (κ2) is 5.40. The minimum atomic E-state index is -4.68. The van der Waals surface area contributed by atoms with Gasteiger partial charge >= 0.3 is 6.18 Å². The summed E-state index contributed by atoms with van der Waals surface area (Å²) in [7, 11) is 0. The van der Waals surface area contributed by atoms with E-state index in [-0.39, 0.29) is 5.69 Å². The molecular formula is C14H12F4N2. The molecule has 0 bridgehead atoms. The van der Waals surface area contributed by atoms with Gasteiger partial charge in [-0.15, -0.1) is 0 Å². The third-order valence-corrected chi connectivity index (χ3v) is 2.75. The highest BCUT2D eigenvalue weighted by Gasteiger charge is 2.33. The van der Waals surface area contributed by atoms with E-state index in [1.165, 1.54) is 6.07 Å². The number of hydrogen-bond acceptors (Lipinski definition) is 2. The highest BCUT2D eigenvalue weighted by atomic mass is 19.4. The zero-order valence-corrected chi connectivity index (χ0v) is 10.3. The Bertz CT molecular complexity index is 591. The lowest BCUT2D eigenvalue weighted by atomic mass is 10.1. The predicted octanol–water partition coefficient (Wildman–Crippen LogP) is 4.04. The molecule has 0 radical (unpaired) electrons. The summed E-state index contributed by atoms with van der Waals surface area (Å²) in [5.41, 5.74) is 6.06. The maximum Gasteiger partial charge on any atom is 0.419 e. The van der Waals surface area contributed by atoms with E-state index in [1.54, 1.807) is 24.3 Å². The second-order valence-electron chi connectivity index (χ2n) is 4.29. The van der Waals surface area contributed by atoms with Crippen LogP contribution in [0.5, 0.6) is 0 Å². The molecule has 0 heterocycles. The molecular weight excluding hydrogens is 272 g/mol. The minimum absolute atomic E-state index is 0.285. The van der Waals surface area contributed by atoms with E-state index < -0.39 is 17.6 Å². The molecule has 20 heavy (non-hydrogen) atoms.